The van der Waals surface area contributed by atoms with Gasteiger partial charge in [-0.25, -0.2) is 22.5 Å². The van der Waals surface area contributed by atoms with Crippen LogP contribution < -0.4 is 0 Å². The molecule has 2 aliphatic rings. The highest BCUT2D eigenvalue weighted by Crippen LogP contribution is 2.21. The smallest absolute Gasteiger partial charge is 0.283 e. The van der Waals surface area contributed by atoms with Crippen molar-refractivity contribution in [3.05, 3.63) is 30.1 Å². The lowest BCUT2D eigenvalue weighted by Gasteiger charge is -2.35. The first-order valence-corrected chi connectivity index (χ1v) is 9.85. The summed E-state index contributed by atoms with van der Waals surface area (Å²) in [4.78, 5) is 38.8. The Balaban J connectivity index is 1.64. The number of nitrogens with zero attached hydrogens (tertiary/aromatic N) is 4. The second kappa shape index (κ2) is 7.33. The molecule has 1 aromatic carbocycles. The monoisotopic (exact) mass is 398 g/mol. The van der Waals surface area contributed by atoms with E-state index < -0.39 is 33.7 Å². The summed E-state index contributed by atoms with van der Waals surface area (Å²) >= 11 is 0. The first-order chi connectivity index (χ1) is 12.8. The molecule has 2 aliphatic heterocycles. The Morgan fingerprint density at radius 3 is 2.11 bits per heavy atom. The zero-order valence-electron chi connectivity index (χ0n) is 14.7. The summed E-state index contributed by atoms with van der Waals surface area (Å²) in [6.07, 6.45) is 0. The predicted octanol–water partition coefficient (Wildman–Crippen LogP) is -0.0998. The lowest BCUT2D eigenvalue weighted by atomic mass is 10.3. The number of hydrogen-bond acceptors (Lipinski definition) is 6. The molecule has 27 heavy (non-hydrogen) atoms. The highest BCUT2D eigenvalue weighted by molar-refractivity contribution is 7.89. The van der Waals surface area contributed by atoms with Crippen molar-refractivity contribution in [2.45, 2.75) is 11.8 Å². The largest absolute Gasteiger partial charge is 0.335 e. The number of likely N-dealkylation sites (N-methyl/N-ethyl adjacent to an activating group) is 1. The van der Waals surface area contributed by atoms with E-state index in [-0.39, 0.29) is 44.3 Å². The number of halogens is 1. The zero-order chi connectivity index (χ0) is 19.8. The molecule has 146 valence electrons. The standard InChI is InChI=1S/C16H19FN4O5S/c1-2-20-14(22)15(23)21(16(20)24)11-18-7-9-19(10-8-18)27(25,26)13-6-4-3-5-12(13)17/h3-6H,2,7-11H2,1H3. The molecule has 11 heteroatoms. The highest BCUT2D eigenvalue weighted by Gasteiger charge is 2.44. The maximum Gasteiger partial charge on any atom is 0.335 e. The lowest BCUT2D eigenvalue weighted by Crippen LogP contribution is -2.52. The summed E-state index contributed by atoms with van der Waals surface area (Å²) in [6.45, 7) is 2.26. The van der Waals surface area contributed by atoms with E-state index in [0.717, 1.165) is 15.9 Å². The van der Waals surface area contributed by atoms with E-state index >= 15 is 0 Å². The molecule has 0 aliphatic carbocycles. The fraction of sp³-hybridized carbons (Fsp3) is 0.438. The van der Waals surface area contributed by atoms with Gasteiger partial charge in [0.2, 0.25) is 10.0 Å². The van der Waals surface area contributed by atoms with E-state index in [1.54, 1.807) is 11.8 Å². The maximum atomic E-state index is 13.8. The van der Waals surface area contributed by atoms with Gasteiger partial charge in [0.05, 0.1) is 6.67 Å². The number of rotatable bonds is 5. The second-order valence-electron chi connectivity index (χ2n) is 6.16. The third kappa shape index (κ3) is 3.45. The number of carbonyl (C=O) groups is 3. The molecule has 0 saturated carbocycles. The highest BCUT2D eigenvalue weighted by atomic mass is 32.2. The van der Waals surface area contributed by atoms with Gasteiger partial charge in [-0.05, 0) is 19.1 Å². The fourth-order valence-electron chi connectivity index (χ4n) is 3.06. The van der Waals surface area contributed by atoms with Crippen LogP contribution >= 0.6 is 0 Å². The van der Waals surface area contributed by atoms with Crippen LogP contribution in [0.15, 0.2) is 29.2 Å². The first kappa shape index (κ1) is 19.4. The first-order valence-electron chi connectivity index (χ1n) is 8.41. The number of hydrogen-bond donors (Lipinski definition) is 0. The van der Waals surface area contributed by atoms with Crippen molar-refractivity contribution in [3.63, 3.8) is 0 Å². The number of benzene rings is 1. The Morgan fingerprint density at radius 1 is 0.963 bits per heavy atom. The van der Waals surface area contributed by atoms with Crippen LogP contribution in [0.5, 0.6) is 0 Å². The Morgan fingerprint density at radius 2 is 1.56 bits per heavy atom. The van der Waals surface area contributed by atoms with Crippen molar-refractivity contribution in [2.75, 3.05) is 39.4 Å². The number of amides is 4. The Labute approximate surface area is 156 Å². The van der Waals surface area contributed by atoms with E-state index in [4.69, 9.17) is 0 Å². The van der Waals surface area contributed by atoms with Crippen molar-refractivity contribution < 1.29 is 27.2 Å². The topological polar surface area (TPSA) is 98.3 Å². The molecule has 0 N–H and O–H groups in total. The number of imide groups is 2. The normalized spacial score (nSPS) is 20.0. The average molecular weight is 398 g/mol. The van der Waals surface area contributed by atoms with Gasteiger partial charge < -0.3 is 0 Å². The van der Waals surface area contributed by atoms with Crippen LogP contribution in [-0.4, -0.2) is 84.7 Å². The molecule has 1 aromatic rings. The van der Waals surface area contributed by atoms with Crippen molar-refractivity contribution in [2.24, 2.45) is 0 Å². The number of sulfonamides is 1. The van der Waals surface area contributed by atoms with Crippen LogP contribution in [0.4, 0.5) is 9.18 Å². The SMILES string of the molecule is CCN1C(=O)C(=O)N(CN2CCN(S(=O)(=O)c3ccccc3F)CC2)C1=O. The minimum Gasteiger partial charge on any atom is -0.283 e. The molecule has 2 fully saturated rings. The lowest BCUT2D eigenvalue weighted by molar-refractivity contribution is -0.143. The molecule has 0 unspecified atom stereocenters. The van der Waals surface area contributed by atoms with Gasteiger partial charge in [-0.3, -0.25) is 19.4 Å². The average Bonchev–Trinajstić information content (AvgIpc) is 2.85. The molecule has 2 saturated heterocycles. The Kier molecular flexibility index (Phi) is 5.27. The van der Waals surface area contributed by atoms with E-state index in [1.165, 1.54) is 22.5 Å². The molecule has 2 heterocycles. The summed E-state index contributed by atoms with van der Waals surface area (Å²) in [7, 11) is -3.96. The van der Waals surface area contributed by atoms with Crippen molar-refractivity contribution in [1.29, 1.82) is 0 Å². The molecule has 0 bridgehead atoms. The van der Waals surface area contributed by atoms with Gasteiger partial charge in [0, 0.05) is 32.7 Å². The maximum absolute atomic E-state index is 13.8. The van der Waals surface area contributed by atoms with Gasteiger partial charge in [-0.2, -0.15) is 4.31 Å². The van der Waals surface area contributed by atoms with Crippen LogP contribution in [-0.2, 0) is 19.6 Å². The van der Waals surface area contributed by atoms with Crippen LogP contribution in [0.1, 0.15) is 6.92 Å². The molecule has 0 radical (unpaired) electrons. The second-order valence-corrected chi connectivity index (χ2v) is 8.07. The number of urea groups is 1. The minimum atomic E-state index is -3.96. The van der Waals surface area contributed by atoms with Gasteiger partial charge >= 0.3 is 17.8 Å². The fourth-order valence-corrected chi connectivity index (χ4v) is 4.55. The van der Waals surface area contributed by atoms with Crippen molar-refractivity contribution >= 4 is 27.9 Å². The Bertz CT molecular complexity index is 883. The molecular formula is C16H19FN4O5S. The molecule has 0 aromatic heterocycles. The van der Waals surface area contributed by atoms with Gasteiger partial charge in [0.1, 0.15) is 10.7 Å². The van der Waals surface area contributed by atoms with Crippen LogP contribution in [0.25, 0.3) is 0 Å². The zero-order valence-corrected chi connectivity index (χ0v) is 15.5. The molecule has 3 rings (SSSR count). The number of carbonyl (C=O) groups excluding carboxylic acids is 3. The molecule has 0 atom stereocenters. The molecule has 0 spiro atoms. The molecular weight excluding hydrogens is 379 g/mol. The summed E-state index contributed by atoms with van der Waals surface area (Å²) in [5.41, 5.74) is 0. The minimum absolute atomic E-state index is 0.0817. The van der Waals surface area contributed by atoms with Crippen molar-refractivity contribution in [1.82, 2.24) is 19.0 Å². The predicted molar refractivity (Wildman–Crippen MR) is 91.2 cm³/mol. The summed E-state index contributed by atoms with van der Waals surface area (Å²) in [5.74, 6) is -2.56. The number of piperazine rings is 1. The third-order valence-corrected chi connectivity index (χ3v) is 6.51. The van der Waals surface area contributed by atoms with E-state index in [2.05, 4.69) is 0 Å². The summed E-state index contributed by atoms with van der Waals surface area (Å²) < 4.78 is 40.2. The summed E-state index contributed by atoms with van der Waals surface area (Å²) in [5, 5.41) is 0. The van der Waals surface area contributed by atoms with Crippen LogP contribution in [0.2, 0.25) is 0 Å². The quantitative estimate of drug-likeness (QED) is 0.508. The van der Waals surface area contributed by atoms with Crippen molar-refractivity contribution in [3.8, 4) is 0 Å². The van der Waals surface area contributed by atoms with Gasteiger partial charge in [0.15, 0.2) is 0 Å². The van der Waals surface area contributed by atoms with Crippen LogP contribution in [0, 0.1) is 5.82 Å². The van der Waals surface area contributed by atoms with Crippen LogP contribution in [0.3, 0.4) is 0 Å². The van der Waals surface area contributed by atoms with E-state index in [9.17, 15) is 27.2 Å². The van der Waals surface area contributed by atoms with Gasteiger partial charge in [-0.1, -0.05) is 12.1 Å². The van der Waals surface area contributed by atoms with E-state index in [1.807, 2.05) is 0 Å². The Hall–Kier alpha value is -2.37. The van der Waals surface area contributed by atoms with E-state index in [0.29, 0.717) is 0 Å². The molecule has 4 amide bonds. The van der Waals surface area contributed by atoms with Gasteiger partial charge in [-0.15, -0.1) is 0 Å². The third-order valence-electron chi connectivity index (χ3n) is 4.58. The van der Waals surface area contributed by atoms with Gasteiger partial charge in [0.25, 0.3) is 0 Å². The summed E-state index contributed by atoms with van der Waals surface area (Å²) in [6, 6.07) is 4.49. The molecule has 9 nitrogen and oxygen atoms in total.